The number of nitrogens with zero attached hydrogens (tertiary/aromatic N) is 2. The maximum Gasteiger partial charge on any atom is 0.172 e. The fourth-order valence-electron chi connectivity index (χ4n) is 2.33. The molecule has 0 fully saturated rings. The van der Waals surface area contributed by atoms with E-state index in [1.54, 1.807) is 12.5 Å². The van der Waals surface area contributed by atoms with Gasteiger partial charge in [-0.2, -0.15) is 0 Å². The van der Waals surface area contributed by atoms with Crippen molar-refractivity contribution in [2.24, 2.45) is 0 Å². The average molecular weight is 246 g/mol. The molecule has 0 spiro atoms. The van der Waals surface area contributed by atoms with Crippen LogP contribution in [0.15, 0.2) is 65.5 Å². The van der Waals surface area contributed by atoms with Crippen LogP contribution in [0.5, 0.6) is 0 Å². The van der Waals surface area contributed by atoms with E-state index in [0.717, 1.165) is 27.6 Å². The molecule has 0 unspecified atom stereocenters. The van der Waals surface area contributed by atoms with Gasteiger partial charge in [0.25, 0.3) is 0 Å². The lowest BCUT2D eigenvalue weighted by Gasteiger charge is -2.00. The lowest BCUT2D eigenvalue weighted by atomic mass is 10.0. The summed E-state index contributed by atoms with van der Waals surface area (Å²) in [4.78, 5) is 8.28. The molecule has 0 bridgehead atoms. The van der Waals surface area contributed by atoms with E-state index in [0.29, 0.717) is 0 Å². The van der Waals surface area contributed by atoms with Crippen molar-refractivity contribution in [3.63, 3.8) is 0 Å². The van der Waals surface area contributed by atoms with Crippen molar-refractivity contribution in [2.75, 3.05) is 0 Å². The predicted molar refractivity (Wildman–Crippen MR) is 74.7 cm³/mol. The van der Waals surface area contributed by atoms with Crippen molar-refractivity contribution in [1.29, 1.82) is 0 Å². The van der Waals surface area contributed by atoms with Gasteiger partial charge in [0, 0.05) is 5.39 Å². The molecule has 0 atom stereocenters. The molecule has 0 saturated carbocycles. The van der Waals surface area contributed by atoms with Gasteiger partial charge in [0.1, 0.15) is 17.4 Å². The zero-order chi connectivity index (χ0) is 12.7. The highest BCUT2D eigenvalue weighted by Gasteiger charge is 2.09. The molecule has 0 aliphatic heterocycles. The summed E-state index contributed by atoms with van der Waals surface area (Å²) in [5.74, 6) is 0. The summed E-state index contributed by atoms with van der Waals surface area (Å²) in [6.45, 7) is 0. The highest BCUT2D eigenvalue weighted by molar-refractivity contribution is 6.03. The van der Waals surface area contributed by atoms with E-state index < -0.39 is 0 Å². The highest BCUT2D eigenvalue weighted by atomic mass is 16.3. The Kier molecular flexibility index (Phi) is 2.12. The van der Waals surface area contributed by atoms with E-state index in [1.807, 2.05) is 24.3 Å². The van der Waals surface area contributed by atoms with Gasteiger partial charge in [-0.1, -0.05) is 36.4 Å². The van der Waals surface area contributed by atoms with Gasteiger partial charge in [-0.05, 0) is 23.3 Å². The Morgan fingerprint density at radius 3 is 2.63 bits per heavy atom. The summed E-state index contributed by atoms with van der Waals surface area (Å²) in [6.07, 6.45) is 3.25. The molecular formula is C16H10N2O. The van der Waals surface area contributed by atoms with Gasteiger partial charge in [-0.3, -0.25) is 0 Å². The first-order valence-electron chi connectivity index (χ1n) is 6.09. The normalized spacial score (nSPS) is 11.2. The second-order valence-electron chi connectivity index (χ2n) is 4.41. The zero-order valence-corrected chi connectivity index (χ0v) is 10.1. The summed E-state index contributed by atoms with van der Waals surface area (Å²) in [6, 6.07) is 16.4. The summed E-state index contributed by atoms with van der Waals surface area (Å²) >= 11 is 0. The topological polar surface area (TPSA) is 38.9 Å². The summed E-state index contributed by atoms with van der Waals surface area (Å²) < 4.78 is 5.72. The minimum Gasteiger partial charge on any atom is -0.453 e. The van der Waals surface area contributed by atoms with Gasteiger partial charge in [0.05, 0.1) is 6.20 Å². The molecule has 0 aliphatic rings. The number of aromatic nitrogens is 2. The number of rotatable bonds is 1. The first-order chi connectivity index (χ1) is 9.42. The fraction of sp³-hybridized carbons (Fsp3) is 0. The lowest BCUT2D eigenvalue weighted by molar-refractivity contribution is 0.665. The Hall–Kier alpha value is -2.68. The summed E-state index contributed by atoms with van der Waals surface area (Å²) in [5, 5.41) is 1.03. The Morgan fingerprint density at radius 1 is 0.842 bits per heavy atom. The van der Waals surface area contributed by atoms with Crippen LogP contribution >= 0.6 is 0 Å². The first kappa shape index (κ1) is 10.3. The third kappa shape index (κ3) is 1.59. The largest absolute Gasteiger partial charge is 0.453 e. The van der Waals surface area contributed by atoms with Crippen molar-refractivity contribution >= 4 is 22.1 Å². The SMILES string of the molecule is c1ccc(-c2ccc3oc4cncnc4c3c2)cc1. The number of hydrogen-bond donors (Lipinski definition) is 0. The summed E-state index contributed by atoms with van der Waals surface area (Å²) in [7, 11) is 0. The third-order valence-corrected chi connectivity index (χ3v) is 3.24. The second-order valence-corrected chi connectivity index (χ2v) is 4.41. The van der Waals surface area contributed by atoms with Crippen LogP contribution in [0.25, 0.3) is 33.2 Å². The fourth-order valence-corrected chi connectivity index (χ4v) is 2.33. The number of benzene rings is 2. The zero-order valence-electron chi connectivity index (χ0n) is 10.1. The quantitative estimate of drug-likeness (QED) is 0.508. The van der Waals surface area contributed by atoms with Crippen LogP contribution in [0.2, 0.25) is 0 Å². The van der Waals surface area contributed by atoms with Gasteiger partial charge in [0.2, 0.25) is 0 Å². The molecule has 19 heavy (non-hydrogen) atoms. The minimum absolute atomic E-state index is 0.725. The molecule has 0 N–H and O–H groups in total. The van der Waals surface area contributed by atoms with Crippen LogP contribution < -0.4 is 0 Å². The van der Waals surface area contributed by atoms with Crippen LogP contribution in [0, 0.1) is 0 Å². The van der Waals surface area contributed by atoms with Crippen LogP contribution in [0.4, 0.5) is 0 Å². The molecule has 0 radical (unpaired) electrons. The first-order valence-corrected chi connectivity index (χ1v) is 6.09. The second kappa shape index (κ2) is 3.92. The van der Waals surface area contributed by atoms with Crippen molar-refractivity contribution < 1.29 is 4.42 Å². The molecule has 3 heteroatoms. The molecular weight excluding hydrogens is 236 g/mol. The van der Waals surface area contributed by atoms with Crippen molar-refractivity contribution in [3.05, 3.63) is 61.1 Å². The van der Waals surface area contributed by atoms with Crippen LogP contribution in [0.3, 0.4) is 0 Å². The van der Waals surface area contributed by atoms with E-state index in [4.69, 9.17) is 4.42 Å². The molecule has 4 aromatic rings. The third-order valence-electron chi connectivity index (χ3n) is 3.24. The maximum atomic E-state index is 5.72. The van der Waals surface area contributed by atoms with Crippen molar-refractivity contribution in [3.8, 4) is 11.1 Å². The Balaban J connectivity index is 2.03. The smallest absolute Gasteiger partial charge is 0.172 e. The summed E-state index contributed by atoms with van der Waals surface area (Å²) in [5.41, 5.74) is 4.78. The van der Waals surface area contributed by atoms with Gasteiger partial charge < -0.3 is 4.42 Å². The molecule has 0 aliphatic carbocycles. The average Bonchev–Trinajstić information content (AvgIpc) is 2.86. The van der Waals surface area contributed by atoms with Crippen molar-refractivity contribution in [1.82, 2.24) is 9.97 Å². The number of hydrogen-bond acceptors (Lipinski definition) is 3. The van der Waals surface area contributed by atoms with E-state index in [2.05, 4.69) is 34.2 Å². The van der Waals surface area contributed by atoms with Gasteiger partial charge in [-0.15, -0.1) is 0 Å². The molecule has 3 nitrogen and oxygen atoms in total. The molecule has 2 heterocycles. The van der Waals surface area contributed by atoms with Crippen LogP contribution in [-0.4, -0.2) is 9.97 Å². The molecule has 4 rings (SSSR count). The molecule has 0 saturated heterocycles. The number of fused-ring (bicyclic) bond motifs is 3. The van der Waals surface area contributed by atoms with Gasteiger partial charge in [0.15, 0.2) is 5.58 Å². The molecule has 2 aromatic carbocycles. The van der Waals surface area contributed by atoms with Crippen LogP contribution in [0.1, 0.15) is 0 Å². The van der Waals surface area contributed by atoms with E-state index >= 15 is 0 Å². The van der Waals surface area contributed by atoms with Gasteiger partial charge in [-0.25, -0.2) is 9.97 Å². The van der Waals surface area contributed by atoms with Crippen LogP contribution in [-0.2, 0) is 0 Å². The molecule has 90 valence electrons. The Labute approximate surface area is 109 Å². The Bertz CT molecular complexity index is 866. The van der Waals surface area contributed by atoms with E-state index in [-0.39, 0.29) is 0 Å². The van der Waals surface area contributed by atoms with E-state index in [1.165, 1.54) is 5.56 Å². The lowest BCUT2D eigenvalue weighted by Crippen LogP contribution is -1.78. The minimum atomic E-state index is 0.725. The highest BCUT2D eigenvalue weighted by Crippen LogP contribution is 2.30. The van der Waals surface area contributed by atoms with Crippen molar-refractivity contribution in [2.45, 2.75) is 0 Å². The monoisotopic (exact) mass is 246 g/mol. The van der Waals surface area contributed by atoms with E-state index in [9.17, 15) is 0 Å². The standard InChI is InChI=1S/C16H10N2O/c1-2-4-11(5-3-1)12-6-7-14-13(8-12)16-15(19-14)9-17-10-18-16/h1-10H. The predicted octanol–water partition coefficient (Wildman–Crippen LogP) is 4.04. The molecule has 0 amide bonds. The molecule has 2 aromatic heterocycles. The van der Waals surface area contributed by atoms with Gasteiger partial charge >= 0.3 is 0 Å². The number of furan rings is 1. The maximum absolute atomic E-state index is 5.72. The Morgan fingerprint density at radius 2 is 1.74 bits per heavy atom.